The second kappa shape index (κ2) is 4.64. The van der Waals surface area contributed by atoms with Crippen LogP contribution in [0.25, 0.3) is 0 Å². The Balaban J connectivity index is 1.65. The average Bonchev–Trinajstić information content (AvgIpc) is 2.88. The van der Waals surface area contributed by atoms with Crippen LogP contribution in [0.15, 0.2) is 18.2 Å². The topological polar surface area (TPSA) is 21.3 Å². The maximum absolute atomic E-state index is 6.21. The van der Waals surface area contributed by atoms with E-state index in [-0.39, 0.29) is 0 Å². The highest BCUT2D eigenvalue weighted by Gasteiger charge is 2.66. The highest BCUT2D eigenvalue weighted by atomic mass is 35.5. The van der Waals surface area contributed by atoms with Gasteiger partial charge in [-0.2, -0.15) is 0 Å². The van der Waals surface area contributed by atoms with Crippen molar-refractivity contribution in [3.8, 4) is 5.75 Å². The summed E-state index contributed by atoms with van der Waals surface area (Å²) in [6.07, 6.45) is 4.42. The van der Waals surface area contributed by atoms with E-state index in [1.807, 2.05) is 12.1 Å². The number of hydrogen-bond donors (Lipinski definition) is 1. The third-order valence-corrected chi connectivity index (χ3v) is 6.25. The summed E-state index contributed by atoms with van der Waals surface area (Å²) in [5, 5.41) is 4.34. The number of rotatable bonds is 4. The van der Waals surface area contributed by atoms with Gasteiger partial charge in [0.25, 0.3) is 0 Å². The largest absolute Gasteiger partial charge is 0.496 e. The lowest BCUT2D eigenvalue weighted by atomic mass is 9.92. The number of hydrogen-bond acceptors (Lipinski definition) is 2. The Morgan fingerprint density at radius 3 is 2.55 bits per heavy atom. The number of halogens is 1. The van der Waals surface area contributed by atoms with Crippen molar-refractivity contribution in [3.05, 3.63) is 28.8 Å². The van der Waals surface area contributed by atoms with Crippen molar-refractivity contribution in [2.24, 2.45) is 29.6 Å². The molecule has 0 radical (unpaired) electrons. The molecule has 2 bridgehead atoms. The van der Waals surface area contributed by atoms with Gasteiger partial charge in [0.1, 0.15) is 5.75 Å². The maximum Gasteiger partial charge on any atom is 0.123 e. The number of methoxy groups -OCH3 is 1. The molecule has 0 aromatic heterocycles. The molecule has 3 aliphatic rings. The molecular formula is C17H22ClNO. The molecule has 0 amide bonds. The molecule has 3 saturated carbocycles. The van der Waals surface area contributed by atoms with Crippen molar-refractivity contribution in [3.63, 3.8) is 0 Å². The van der Waals surface area contributed by atoms with E-state index >= 15 is 0 Å². The van der Waals surface area contributed by atoms with Gasteiger partial charge in [-0.1, -0.05) is 11.6 Å². The fourth-order valence-corrected chi connectivity index (χ4v) is 5.52. The van der Waals surface area contributed by atoms with Crippen LogP contribution in [-0.2, 0) is 0 Å². The van der Waals surface area contributed by atoms with E-state index in [1.165, 1.54) is 24.8 Å². The minimum atomic E-state index is 0.391. The van der Waals surface area contributed by atoms with Gasteiger partial charge in [-0.3, -0.25) is 0 Å². The number of fused-ring (bicyclic) bond motifs is 5. The Morgan fingerprint density at radius 2 is 1.95 bits per heavy atom. The molecule has 0 spiro atoms. The summed E-state index contributed by atoms with van der Waals surface area (Å²) in [5.41, 5.74) is 1.24. The van der Waals surface area contributed by atoms with Crippen molar-refractivity contribution in [2.45, 2.75) is 25.3 Å². The highest BCUT2D eigenvalue weighted by molar-refractivity contribution is 6.30. The van der Waals surface area contributed by atoms with Gasteiger partial charge in [0.05, 0.1) is 7.11 Å². The van der Waals surface area contributed by atoms with E-state index in [2.05, 4.69) is 18.4 Å². The number of benzene rings is 1. The SMILES string of the molecule is CNC(c1cc(Cl)ccc1OC)C1C2C3CCC(C3)C21. The molecule has 0 heterocycles. The molecule has 2 nitrogen and oxygen atoms in total. The van der Waals surface area contributed by atoms with Gasteiger partial charge in [0.2, 0.25) is 0 Å². The minimum Gasteiger partial charge on any atom is -0.496 e. The van der Waals surface area contributed by atoms with Crippen molar-refractivity contribution in [2.75, 3.05) is 14.2 Å². The van der Waals surface area contributed by atoms with Crippen LogP contribution >= 0.6 is 11.6 Å². The minimum absolute atomic E-state index is 0.391. The Morgan fingerprint density at radius 1 is 1.25 bits per heavy atom. The summed E-state index contributed by atoms with van der Waals surface area (Å²) >= 11 is 6.21. The average molecular weight is 292 g/mol. The third kappa shape index (κ3) is 1.74. The summed E-state index contributed by atoms with van der Waals surface area (Å²) in [7, 11) is 3.82. The third-order valence-electron chi connectivity index (χ3n) is 6.02. The van der Waals surface area contributed by atoms with E-state index in [1.54, 1.807) is 7.11 Å². The molecule has 3 fully saturated rings. The van der Waals surface area contributed by atoms with Crippen LogP contribution in [0.4, 0.5) is 0 Å². The van der Waals surface area contributed by atoms with Gasteiger partial charge in [-0.25, -0.2) is 0 Å². The fraction of sp³-hybridized carbons (Fsp3) is 0.647. The molecule has 5 atom stereocenters. The molecule has 108 valence electrons. The molecule has 20 heavy (non-hydrogen) atoms. The summed E-state index contributed by atoms with van der Waals surface area (Å²) in [6, 6.07) is 6.38. The van der Waals surface area contributed by atoms with Crippen molar-refractivity contribution >= 4 is 11.6 Å². The van der Waals surface area contributed by atoms with Crippen LogP contribution in [0.3, 0.4) is 0 Å². The molecule has 1 aromatic rings. The first-order valence-corrected chi connectivity index (χ1v) is 8.13. The second-order valence-corrected chi connectivity index (χ2v) is 7.15. The van der Waals surface area contributed by atoms with Gasteiger partial charge >= 0.3 is 0 Å². The van der Waals surface area contributed by atoms with E-state index in [0.717, 1.165) is 40.4 Å². The van der Waals surface area contributed by atoms with Crippen LogP contribution in [0.2, 0.25) is 5.02 Å². The van der Waals surface area contributed by atoms with E-state index in [9.17, 15) is 0 Å². The first-order chi connectivity index (χ1) is 9.74. The number of nitrogens with one attached hydrogen (secondary N) is 1. The molecule has 4 rings (SSSR count). The van der Waals surface area contributed by atoms with Gasteiger partial charge in [-0.05, 0) is 74.1 Å². The van der Waals surface area contributed by atoms with Crippen LogP contribution in [0, 0.1) is 29.6 Å². The van der Waals surface area contributed by atoms with Crippen molar-refractivity contribution in [1.29, 1.82) is 0 Å². The van der Waals surface area contributed by atoms with Crippen LogP contribution in [0.1, 0.15) is 30.9 Å². The Labute approximate surface area is 125 Å². The first-order valence-electron chi connectivity index (χ1n) is 7.75. The van der Waals surface area contributed by atoms with Gasteiger partial charge in [0, 0.05) is 16.6 Å². The lowest BCUT2D eigenvalue weighted by Crippen LogP contribution is -2.22. The second-order valence-electron chi connectivity index (χ2n) is 6.72. The zero-order valence-electron chi connectivity index (χ0n) is 12.1. The fourth-order valence-electron chi connectivity index (χ4n) is 5.34. The van der Waals surface area contributed by atoms with E-state index < -0.39 is 0 Å². The van der Waals surface area contributed by atoms with Crippen LogP contribution in [-0.4, -0.2) is 14.2 Å². The predicted molar refractivity (Wildman–Crippen MR) is 81.1 cm³/mol. The molecular weight excluding hydrogens is 270 g/mol. The molecule has 1 N–H and O–H groups in total. The number of ether oxygens (including phenoxy) is 1. The molecule has 5 unspecified atom stereocenters. The summed E-state index contributed by atoms with van der Waals surface area (Å²) in [4.78, 5) is 0. The Bertz CT molecular complexity index is 516. The molecule has 3 heteroatoms. The lowest BCUT2D eigenvalue weighted by molar-refractivity contribution is 0.362. The zero-order valence-corrected chi connectivity index (χ0v) is 12.9. The predicted octanol–water partition coefficient (Wildman–Crippen LogP) is 3.90. The summed E-state index contributed by atoms with van der Waals surface area (Å²) in [6.45, 7) is 0. The quantitative estimate of drug-likeness (QED) is 0.908. The van der Waals surface area contributed by atoms with Crippen molar-refractivity contribution < 1.29 is 4.74 Å². The van der Waals surface area contributed by atoms with E-state index in [0.29, 0.717) is 6.04 Å². The maximum atomic E-state index is 6.21. The summed E-state index contributed by atoms with van der Waals surface area (Å²) < 4.78 is 5.55. The van der Waals surface area contributed by atoms with Gasteiger partial charge in [0.15, 0.2) is 0 Å². The molecule has 1 aromatic carbocycles. The monoisotopic (exact) mass is 291 g/mol. The normalized spacial score (nSPS) is 38.6. The molecule has 0 saturated heterocycles. The van der Waals surface area contributed by atoms with Crippen LogP contribution < -0.4 is 10.1 Å². The molecule has 3 aliphatic carbocycles. The Kier molecular flexibility index (Phi) is 3.01. The smallest absolute Gasteiger partial charge is 0.123 e. The van der Waals surface area contributed by atoms with Crippen LogP contribution in [0.5, 0.6) is 5.75 Å². The van der Waals surface area contributed by atoms with E-state index in [4.69, 9.17) is 16.3 Å². The van der Waals surface area contributed by atoms with Gasteiger partial charge < -0.3 is 10.1 Å². The van der Waals surface area contributed by atoms with Gasteiger partial charge in [-0.15, -0.1) is 0 Å². The lowest BCUT2D eigenvalue weighted by Gasteiger charge is -2.22. The summed E-state index contributed by atoms with van der Waals surface area (Å²) in [5.74, 6) is 5.65. The zero-order chi connectivity index (χ0) is 13.9. The standard InChI is InChI=1S/C17H22ClNO/c1-19-17(12-8-11(18)5-6-13(12)20-2)16-14-9-3-4-10(7-9)15(14)16/h5-6,8-10,14-17,19H,3-4,7H2,1-2H3. The Hall–Kier alpha value is -0.730. The van der Waals surface area contributed by atoms with Crippen molar-refractivity contribution in [1.82, 2.24) is 5.32 Å². The molecule has 0 aliphatic heterocycles. The highest BCUT2D eigenvalue weighted by Crippen LogP contribution is 2.72. The first kappa shape index (κ1) is 13.0.